The topological polar surface area (TPSA) is 93.5 Å². The minimum Gasteiger partial charge on any atom is -0.378 e. The summed E-state index contributed by atoms with van der Waals surface area (Å²) in [7, 11) is 0. The number of carbonyl (C=O) groups is 3. The summed E-state index contributed by atoms with van der Waals surface area (Å²) >= 11 is 1.33. The molecule has 0 aromatic carbocycles. The highest BCUT2D eigenvalue weighted by atomic mass is 32.1. The van der Waals surface area contributed by atoms with Crippen molar-refractivity contribution in [3.05, 3.63) is 35.1 Å². The monoisotopic (exact) mass is 376 g/mol. The molecule has 0 aliphatic carbocycles. The smallest absolute Gasteiger partial charge is 0.263 e. The van der Waals surface area contributed by atoms with Crippen LogP contribution in [0.1, 0.15) is 28.2 Å². The molecule has 9 heteroatoms. The molecule has 0 radical (unpaired) electrons. The molecule has 2 aromatic heterocycles. The minimum atomic E-state index is -0.188. The van der Waals surface area contributed by atoms with Gasteiger partial charge in [0.1, 0.15) is 4.88 Å². The molecule has 1 N–H and O–H groups in total. The number of aryl methyl sites for hydroxylation is 1. The average Bonchev–Trinajstić information content (AvgIpc) is 3.33. The van der Waals surface area contributed by atoms with Gasteiger partial charge in [0.05, 0.1) is 25.5 Å². The third-order valence-electron chi connectivity index (χ3n) is 3.96. The second-order valence-corrected chi connectivity index (χ2v) is 6.79. The van der Waals surface area contributed by atoms with Crippen molar-refractivity contribution in [1.82, 2.24) is 19.8 Å². The van der Waals surface area contributed by atoms with Gasteiger partial charge in [0.2, 0.25) is 11.8 Å². The number of nitrogens with zero attached hydrogens (tertiary/aromatic N) is 3. The van der Waals surface area contributed by atoms with Crippen LogP contribution in [-0.4, -0.2) is 58.5 Å². The molecule has 0 unspecified atom stereocenters. The molecule has 1 fully saturated rings. The molecular formula is C17H20N4O4S. The maximum Gasteiger partial charge on any atom is 0.263 e. The number of hydrogen-bond donors (Lipinski definition) is 1. The number of rotatable bonds is 8. The number of likely N-dealkylation sites (tertiary alicyclic amines) is 1. The van der Waals surface area contributed by atoms with E-state index in [1.54, 1.807) is 6.92 Å². The molecule has 3 heterocycles. The Labute approximate surface area is 154 Å². The Morgan fingerprint density at radius 2 is 1.92 bits per heavy atom. The first-order valence-electron chi connectivity index (χ1n) is 8.36. The van der Waals surface area contributed by atoms with Crippen LogP contribution >= 0.6 is 11.3 Å². The lowest BCUT2D eigenvalue weighted by Gasteiger charge is -2.13. The zero-order valence-electron chi connectivity index (χ0n) is 14.4. The lowest BCUT2D eigenvalue weighted by molar-refractivity contribution is -0.139. The zero-order chi connectivity index (χ0) is 18.5. The van der Waals surface area contributed by atoms with Gasteiger partial charge in [0.25, 0.3) is 5.91 Å². The molecule has 1 saturated heterocycles. The number of carbonyl (C=O) groups excluding carboxylic acids is 3. The summed E-state index contributed by atoms with van der Waals surface area (Å²) in [6.45, 7) is 2.99. The van der Waals surface area contributed by atoms with Crippen LogP contribution in [0.2, 0.25) is 0 Å². The van der Waals surface area contributed by atoms with E-state index < -0.39 is 0 Å². The summed E-state index contributed by atoms with van der Waals surface area (Å²) in [5.41, 5.74) is 0.683. The van der Waals surface area contributed by atoms with Gasteiger partial charge in [-0.3, -0.25) is 19.3 Å². The maximum atomic E-state index is 12.3. The standard InChI is InChI=1S/C17H20N4O4S/c1-12-15(26-17(19-12)20-7-2-3-8-20)16(24)18-6-10-25-11-9-21-13(22)4-5-14(21)23/h2-3,7-8H,4-6,9-11H2,1H3,(H,18,24). The molecule has 8 nitrogen and oxygen atoms in total. The Hall–Kier alpha value is -2.52. The minimum absolute atomic E-state index is 0.147. The number of aromatic nitrogens is 2. The van der Waals surface area contributed by atoms with Gasteiger partial charge in [0, 0.05) is 31.8 Å². The van der Waals surface area contributed by atoms with Gasteiger partial charge in [-0.05, 0) is 19.1 Å². The van der Waals surface area contributed by atoms with E-state index in [0.29, 0.717) is 23.7 Å². The number of thiazole rings is 1. The van der Waals surface area contributed by atoms with Gasteiger partial charge in [0.15, 0.2) is 5.13 Å². The maximum absolute atomic E-state index is 12.3. The van der Waals surface area contributed by atoms with Crippen molar-refractivity contribution in [1.29, 1.82) is 0 Å². The van der Waals surface area contributed by atoms with Crippen LogP contribution in [-0.2, 0) is 14.3 Å². The summed E-state index contributed by atoms with van der Waals surface area (Å²) in [4.78, 5) is 41.4. The molecule has 0 bridgehead atoms. The Balaban J connectivity index is 1.39. The van der Waals surface area contributed by atoms with Gasteiger partial charge in [-0.2, -0.15) is 0 Å². The SMILES string of the molecule is Cc1nc(-n2cccc2)sc1C(=O)NCCOCCN1C(=O)CCC1=O. The first-order chi connectivity index (χ1) is 12.6. The molecule has 1 aliphatic rings. The third-order valence-corrected chi connectivity index (χ3v) is 5.13. The highest BCUT2D eigenvalue weighted by Gasteiger charge is 2.28. The predicted octanol–water partition coefficient (Wildman–Crippen LogP) is 1.14. The van der Waals surface area contributed by atoms with Crippen LogP contribution in [0.5, 0.6) is 0 Å². The summed E-state index contributed by atoms with van der Waals surface area (Å²) in [6, 6.07) is 3.80. The molecule has 0 saturated carbocycles. The van der Waals surface area contributed by atoms with E-state index in [4.69, 9.17) is 4.74 Å². The molecule has 3 rings (SSSR count). The highest BCUT2D eigenvalue weighted by molar-refractivity contribution is 7.16. The van der Waals surface area contributed by atoms with Crippen molar-refractivity contribution in [2.45, 2.75) is 19.8 Å². The van der Waals surface area contributed by atoms with E-state index in [2.05, 4.69) is 10.3 Å². The quantitative estimate of drug-likeness (QED) is 0.551. The first kappa shape index (κ1) is 18.3. The second kappa shape index (κ2) is 8.24. The fourth-order valence-electron chi connectivity index (χ4n) is 2.61. The van der Waals surface area contributed by atoms with Gasteiger partial charge < -0.3 is 14.6 Å². The van der Waals surface area contributed by atoms with Gasteiger partial charge in [-0.1, -0.05) is 11.3 Å². The normalized spacial score (nSPS) is 14.3. The van der Waals surface area contributed by atoms with Crippen molar-refractivity contribution in [2.24, 2.45) is 0 Å². The molecule has 3 amide bonds. The summed E-state index contributed by atoms with van der Waals surface area (Å²) in [5.74, 6) is -0.482. The van der Waals surface area contributed by atoms with Crippen LogP contribution in [0.25, 0.3) is 5.13 Å². The molecule has 2 aromatic rings. The average molecular weight is 376 g/mol. The van der Waals surface area contributed by atoms with Crippen LogP contribution in [0, 0.1) is 6.92 Å². The Morgan fingerprint density at radius 1 is 1.23 bits per heavy atom. The Morgan fingerprint density at radius 3 is 2.62 bits per heavy atom. The van der Waals surface area contributed by atoms with Crippen molar-refractivity contribution in [3.8, 4) is 5.13 Å². The van der Waals surface area contributed by atoms with Crippen LogP contribution in [0.3, 0.4) is 0 Å². The highest BCUT2D eigenvalue weighted by Crippen LogP contribution is 2.21. The molecular weight excluding hydrogens is 356 g/mol. The molecule has 1 aliphatic heterocycles. The summed E-state index contributed by atoms with van der Waals surface area (Å²) in [6.07, 6.45) is 4.33. The first-order valence-corrected chi connectivity index (χ1v) is 9.18. The number of imide groups is 1. The molecule has 0 atom stereocenters. The van der Waals surface area contributed by atoms with E-state index in [1.165, 1.54) is 16.2 Å². The number of amides is 3. The fourth-order valence-corrected chi connectivity index (χ4v) is 3.56. The second-order valence-electron chi connectivity index (χ2n) is 5.81. The van der Waals surface area contributed by atoms with Crippen LogP contribution < -0.4 is 5.32 Å². The van der Waals surface area contributed by atoms with E-state index >= 15 is 0 Å². The Bertz CT molecular complexity index is 784. The number of nitrogens with one attached hydrogen (secondary N) is 1. The third kappa shape index (κ3) is 4.17. The number of hydrogen-bond acceptors (Lipinski definition) is 6. The van der Waals surface area contributed by atoms with Crippen molar-refractivity contribution < 1.29 is 19.1 Å². The fraction of sp³-hybridized carbons (Fsp3) is 0.412. The van der Waals surface area contributed by atoms with Crippen molar-refractivity contribution in [3.63, 3.8) is 0 Å². The summed E-state index contributed by atoms with van der Waals surface area (Å²) in [5, 5.41) is 3.54. The van der Waals surface area contributed by atoms with E-state index in [0.717, 1.165) is 5.13 Å². The van der Waals surface area contributed by atoms with Gasteiger partial charge in [-0.15, -0.1) is 0 Å². The summed E-state index contributed by atoms with van der Waals surface area (Å²) < 4.78 is 7.26. The molecule has 0 spiro atoms. The van der Waals surface area contributed by atoms with Crippen molar-refractivity contribution in [2.75, 3.05) is 26.3 Å². The van der Waals surface area contributed by atoms with Crippen LogP contribution in [0.4, 0.5) is 0 Å². The zero-order valence-corrected chi connectivity index (χ0v) is 15.3. The Kier molecular flexibility index (Phi) is 5.79. The lowest BCUT2D eigenvalue weighted by Crippen LogP contribution is -2.33. The largest absolute Gasteiger partial charge is 0.378 e. The number of ether oxygens (including phenoxy) is 1. The van der Waals surface area contributed by atoms with Gasteiger partial charge >= 0.3 is 0 Å². The molecule has 26 heavy (non-hydrogen) atoms. The predicted molar refractivity (Wildman–Crippen MR) is 95.3 cm³/mol. The van der Waals surface area contributed by atoms with Gasteiger partial charge in [-0.25, -0.2) is 4.98 Å². The van der Waals surface area contributed by atoms with E-state index in [1.807, 2.05) is 29.1 Å². The lowest BCUT2D eigenvalue weighted by atomic mass is 10.4. The van der Waals surface area contributed by atoms with E-state index in [9.17, 15) is 14.4 Å². The van der Waals surface area contributed by atoms with E-state index in [-0.39, 0.29) is 43.7 Å². The van der Waals surface area contributed by atoms with Crippen molar-refractivity contribution >= 4 is 29.1 Å². The molecule has 138 valence electrons. The van der Waals surface area contributed by atoms with Crippen LogP contribution in [0.15, 0.2) is 24.5 Å².